The first-order valence-corrected chi connectivity index (χ1v) is 12.6. The van der Waals surface area contributed by atoms with Crippen molar-refractivity contribution < 1.29 is 33.8 Å². The molecule has 38 heavy (non-hydrogen) atoms. The van der Waals surface area contributed by atoms with Crippen molar-refractivity contribution in [2.24, 2.45) is 0 Å². The average molecular weight is 539 g/mol. The number of ether oxygens (including phenoxy) is 2. The Morgan fingerprint density at radius 3 is 2.53 bits per heavy atom. The molecule has 0 aliphatic carbocycles. The van der Waals surface area contributed by atoms with Crippen LogP contribution in [0.25, 0.3) is 0 Å². The number of carbonyl (C=O) groups excluding carboxylic acids is 4. The van der Waals surface area contributed by atoms with Gasteiger partial charge in [0.25, 0.3) is 5.91 Å². The standard InChI is InChI=1S/C26H26N4O7S/c1-15(16-6-4-3-5-7-16)21(22(32)29-25-27-19(14-38-25)24(34)36-2)30-23(33)20(28-26(30)35)17-8-10-18(11-9-17)37-13-12-31/h3-11,14-15,20-21,31H,12-13H2,1-2H3,(H,28,35)(H,27,29,32)/t15-,20?,21-/m0/s1. The number of amides is 4. The number of esters is 1. The van der Waals surface area contributed by atoms with Crippen LogP contribution in [-0.4, -0.2) is 65.2 Å². The van der Waals surface area contributed by atoms with E-state index in [0.29, 0.717) is 11.3 Å². The predicted molar refractivity (Wildman–Crippen MR) is 138 cm³/mol. The zero-order valence-corrected chi connectivity index (χ0v) is 21.4. The maximum Gasteiger partial charge on any atom is 0.357 e. The molecule has 1 unspecified atom stereocenters. The maximum atomic E-state index is 13.6. The lowest BCUT2D eigenvalue weighted by atomic mass is 9.91. The molecule has 1 saturated heterocycles. The van der Waals surface area contributed by atoms with Gasteiger partial charge in [0.2, 0.25) is 5.91 Å². The van der Waals surface area contributed by atoms with E-state index in [2.05, 4.69) is 20.4 Å². The largest absolute Gasteiger partial charge is 0.491 e. The molecule has 12 heteroatoms. The van der Waals surface area contributed by atoms with Gasteiger partial charge in [-0.1, -0.05) is 49.4 Å². The average Bonchev–Trinajstić information content (AvgIpc) is 3.52. The second-order valence-electron chi connectivity index (χ2n) is 8.39. The molecule has 3 aromatic rings. The molecule has 1 aromatic heterocycles. The summed E-state index contributed by atoms with van der Waals surface area (Å²) in [4.78, 5) is 57.0. The van der Waals surface area contributed by atoms with E-state index in [0.717, 1.165) is 21.8 Å². The molecule has 0 saturated carbocycles. The Balaban J connectivity index is 1.62. The molecule has 4 amide bonds. The summed E-state index contributed by atoms with van der Waals surface area (Å²) in [6, 6.07) is 12.7. The number of hydrogen-bond acceptors (Lipinski definition) is 9. The number of urea groups is 1. The van der Waals surface area contributed by atoms with Crippen LogP contribution in [0, 0.1) is 0 Å². The third-order valence-corrected chi connectivity index (χ3v) is 6.78. The lowest BCUT2D eigenvalue weighted by Crippen LogP contribution is -2.50. The van der Waals surface area contributed by atoms with Crippen molar-refractivity contribution in [3.05, 3.63) is 76.8 Å². The highest BCUT2D eigenvalue weighted by Crippen LogP contribution is 2.32. The van der Waals surface area contributed by atoms with Crippen LogP contribution in [0.2, 0.25) is 0 Å². The monoisotopic (exact) mass is 538 g/mol. The number of imide groups is 1. The zero-order valence-electron chi connectivity index (χ0n) is 20.6. The topological polar surface area (TPSA) is 147 Å². The van der Waals surface area contributed by atoms with Gasteiger partial charge >= 0.3 is 12.0 Å². The van der Waals surface area contributed by atoms with E-state index in [1.54, 1.807) is 43.3 Å². The molecule has 11 nitrogen and oxygen atoms in total. The van der Waals surface area contributed by atoms with Gasteiger partial charge in [0, 0.05) is 11.3 Å². The van der Waals surface area contributed by atoms with Gasteiger partial charge in [-0.25, -0.2) is 19.5 Å². The summed E-state index contributed by atoms with van der Waals surface area (Å²) >= 11 is 1.02. The van der Waals surface area contributed by atoms with Crippen LogP contribution in [-0.2, 0) is 14.3 Å². The molecule has 1 aliphatic rings. The van der Waals surface area contributed by atoms with Gasteiger partial charge in [-0.15, -0.1) is 11.3 Å². The molecule has 4 rings (SSSR count). The summed E-state index contributed by atoms with van der Waals surface area (Å²) in [5.74, 6) is -1.94. The summed E-state index contributed by atoms with van der Waals surface area (Å²) in [5.41, 5.74) is 1.29. The SMILES string of the molecule is COC(=O)c1csc(NC(=O)[C@H]([C@@H](C)c2ccccc2)N2C(=O)NC(c3ccc(OCCO)cc3)C2=O)n1. The number of aromatic nitrogens is 1. The van der Waals surface area contributed by atoms with Gasteiger partial charge in [0.1, 0.15) is 24.4 Å². The summed E-state index contributed by atoms with van der Waals surface area (Å²) in [5, 5.41) is 15.8. The fourth-order valence-electron chi connectivity index (χ4n) is 4.12. The third-order valence-electron chi connectivity index (χ3n) is 6.02. The van der Waals surface area contributed by atoms with Gasteiger partial charge in [-0.2, -0.15) is 0 Å². The van der Waals surface area contributed by atoms with Crippen molar-refractivity contribution in [2.75, 3.05) is 25.6 Å². The van der Waals surface area contributed by atoms with E-state index in [4.69, 9.17) is 9.84 Å². The van der Waals surface area contributed by atoms with E-state index in [9.17, 15) is 19.2 Å². The Morgan fingerprint density at radius 2 is 1.87 bits per heavy atom. The minimum Gasteiger partial charge on any atom is -0.491 e. The van der Waals surface area contributed by atoms with E-state index < -0.39 is 41.8 Å². The third kappa shape index (κ3) is 5.66. The van der Waals surface area contributed by atoms with E-state index >= 15 is 0 Å². The summed E-state index contributed by atoms with van der Waals surface area (Å²) in [6.45, 7) is 1.74. The van der Waals surface area contributed by atoms with Gasteiger partial charge in [0.15, 0.2) is 10.8 Å². The van der Waals surface area contributed by atoms with Crippen LogP contribution in [0.15, 0.2) is 60.0 Å². The molecule has 0 spiro atoms. The maximum absolute atomic E-state index is 13.6. The number of carbonyl (C=O) groups is 4. The van der Waals surface area contributed by atoms with Crippen LogP contribution in [0.4, 0.5) is 9.93 Å². The fourth-order valence-corrected chi connectivity index (χ4v) is 4.80. The zero-order chi connectivity index (χ0) is 27.2. The van der Waals surface area contributed by atoms with Crippen molar-refractivity contribution in [1.82, 2.24) is 15.2 Å². The Labute approximate surface area is 222 Å². The molecule has 2 aromatic carbocycles. The summed E-state index contributed by atoms with van der Waals surface area (Å²) in [7, 11) is 1.22. The second kappa shape index (κ2) is 11.8. The van der Waals surface area contributed by atoms with Crippen LogP contribution < -0.4 is 15.4 Å². The quantitative estimate of drug-likeness (QED) is 0.264. The highest BCUT2D eigenvalue weighted by Gasteiger charge is 2.47. The number of methoxy groups -OCH3 is 1. The minimum absolute atomic E-state index is 0.0296. The number of aliphatic hydroxyl groups excluding tert-OH is 1. The molecule has 0 radical (unpaired) electrons. The first kappa shape index (κ1) is 26.8. The number of anilines is 1. The smallest absolute Gasteiger partial charge is 0.357 e. The van der Waals surface area contributed by atoms with Gasteiger partial charge < -0.3 is 25.2 Å². The fraction of sp³-hybridized carbons (Fsp3) is 0.269. The summed E-state index contributed by atoms with van der Waals surface area (Å²) < 4.78 is 10.0. The number of nitrogens with one attached hydrogen (secondary N) is 2. The van der Waals surface area contributed by atoms with Gasteiger partial charge in [0.05, 0.1) is 13.7 Å². The highest BCUT2D eigenvalue weighted by atomic mass is 32.1. The number of aliphatic hydroxyl groups is 1. The molecular weight excluding hydrogens is 512 g/mol. The number of rotatable bonds is 10. The Morgan fingerprint density at radius 1 is 1.16 bits per heavy atom. The molecule has 3 atom stereocenters. The molecule has 198 valence electrons. The van der Waals surface area contributed by atoms with Crippen molar-refractivity contribution >= 4 is 40.3 Å². The molecule has 3 N–H and O–H groups in total. The molecule has 1 fully saturated rings. The van der Waals surface area contributed by atoms with Crippen molar-refractivity contribution in [1.29, 1.82) is 0 Å². The van der Waals surface area contributed by atoms with E-state index in [1.807, 2.05) is 18.2 Å². The molecular formula is C26H26N4O7S. The van der Waals surface area contributed by atoms with Crippen LogP contribution in [0.5, 0.6) is 5.75 Å². The van der Waals surface area contributed by atoms with Crippen molar-refractivity contribution in [3.8, 4) is 5.75 Å². The molecule has 0 bridgehead atoms. The lowest BCUT2D eigenvalue weighted by molar-refractivity contribution is -0.134. The highest BCUT2D eigenvalue weighted by molar-refractivity contribution is 7.14. The van der Waals surface area contributed by atoms with E-state index in [1.165, 1.54) is 12.5 Å². The number of nitrogens with zero attached hydrogens (tertiary/aromatic N) is 2. The predicted octanol–water partition coefficient (Wildman–Crippen LogP) is 2.70. The van der Waals surface area contributed by atoms with Crippen LogP contribution in [0.1, 0.15) is 40.5 Å². The second-order valence-corrected chi connectivity index (χ2v) is 9.25. The Kier molecular flexibility index (Phi) is 8.34. The van der Waals surface area contributed by atoms with Gasteiger partial charge in [-0.3, -0.25) is 9.59 Å². The van der Waals surface area contributed by atoms with E-state index in [-0.39, 0.29) is 24.0 Å². The van der Waals surface area contributed by atoms with Crippen molar-refractivity contribution in [2.45, 2.75) is 24.9 Å². The first-order valence-electron chi connectivity index (χ1n) is 11.7. The number of thiazole rings is 1. The minimum atomic E-state index is -1.22. The Bertz CT molecular complexity index is 1310. The van der Waals surface area contributed by atoms with Crippen molar-refractivity contribution in [3.63, 3.8) is 0 Å². The molecule has 2 heterocycles. The Hall–Kier alpha value is -4.29. The lowest BCUT2D eigenvalue weighted by Gasteiger charge is -2.29. The molecule has 1 aliphatic heterocycles. The normalized spacial score (nSPS) is 16.5. The number of benzene rings is 2. The number of hydrogen-bond donors (Lipinski definition) is 3. The van der Waals surface area contributed by atoms with Crippen LogP contribution >= 0.6 is 11.3 Å². The summed E-state index contributed by atoms with van der Waals surface area (Å²) in [6.07, 6.45) is 0. The van der Waals surface area contributed by atoms with Gasteiger partial charge in [-0.05, 0) is 23.3 Å². The first-order chi connectivity index (χ1) is 18.3. The van der Waals surface area contributed by atoms with Crippen LogP contribution in [0.3, 0.4) is 0 Å².